The Labute approximate surface area is 213 Å². The fourth-order valence-electron chi connectivity index (χ4n) is 3.68. The van der Waals surface area contributed by atoms with Crippen molar-refractivity contribution in [3.63, 3.8) is 0 Å². The third kappa shape index (κ3) is 5.83. The SMILES string of the molecule is CCN1C(=O)[C@@H](Cc2cc(Br)ccc2OCc2ccc(C)cc2)SC1=Nc1ccc(OC)cc1. The minimum Gasteiger partial charge on any atom is -0.497 e. The van der Waals surface area contributed by atoms with Crippen LogP contribution in [0.25, 0.3) is 0 Å². The molecule has 0 radical (unpaired) electrons. The number of ether oxygens (including phenoxy) is 2. The van der Waals surface area contributed by atoms with Crippen LogP contribution in [-0.2, 0) is 17.8 Å². The highest BCUT2D eigenvalue weighted by Crippen LogP contribution is 2.35. The highest BCUT2D eigenvalue weighted by atomic mass is 79.9. The van der Waals surface area contributed by atoms with E-state index >= 15 is 0 Å². The van der Waals surface area contributed by atoms with Crippen molar-refractivity contribution in [2.24, 2.45) is 4.99 Å². The van der Waals surface area contributed by atoms with Crippen molar-refractivity contribution in [2.45, 2.75) is 32.1 Å². The van der Waals surface area contributed by atoms with Gasteiger partial charge in [0, 0.05) is 11.0 Å². The molecule has 0 spiro atoms. The Balaban J connectivity index is 1.52. The van der Waals surface area contributed by atoms with E-state index in [9.17, 15) is 4.79 Å². The standard InChI is InChI=1S/C27H27BrN2O3S/c1-4-30-26(31)25(34-27(30)29-22-10-12-23(32-3)13-11-22)16-20-15-21(28)9-14-24(20)33-17-19-7-5-18(2)6-8-19/h5-15,25H,4,16-17H2,1-3H3/t25-/m1/s1. The number of aryl methyl sites for hydroxylation is 1. The summed E-state index contributed by atoms with van der Waals surface area (Å²) in [6, 6.07) is 21.8. The maximum Gasteiger partial charge on any atom is 0.242 e. The minimum atomic E-state index is -0.257. The lowest BCUT2D eigenvalue weighted by molar-refractivity contribution is -0.126. The van der Waals surface area contributed by atoms with Gasteiger partial charge in [-0.25, -0.2) is 4.99 Å². The van der Waals surface area contributed by atoms with Crippen LogP contribution in [0.3, 0.4) is 0 Å². The van der Waals surface area contributed by atoms with Crippen molar-refractivity contribution in [1.82, 2.24) is 4.90 Å². The van der Waals surface area contributed by atoms with Gasteiger partial charge in [0.05, 0.1) is 18.0 Å². The van der Waals surface area contributed by atoms with Gasteiger partial charge in [-0.05, 0) is 73.9 Å². The summed E-state index contributed by atoms with van der Waals surface area (Å²) in [7, 11) is 1.64. The quantitative estimate of drug-likeness (QED) is 0.326. The average Bonchev–Trinajstić information content (AvgIpc) is 3.13. The predicted octanol–water partition coefficient (Wildman–Crippen LogP) is 6.54. The lowest BCUT2D eigenvalue weighted by atomic mass is 10.1. The van der Waals surface area contributed by atoms with Gasteiger partial charge in [0.25, 0.3) is 0 Å². The van der Waals surface area contributed by atoms with Crippen LogP contribution in [0.4, 0.5) is 5.69 Å². The van der Waals surface area contributed by atoms with Gasteiger partial charge in [0.2, 0.25) is 5.91 Å². The summed E-state index contributed by atoms with van der Waals surface area (Å²) in [4.78, 5) is 19.7. The van der Waals surface area contributed by atoms with Gasteiger partial charge in [-0.15, -0.1) is 0 Å². The van der Waals surface area contributed by atoms with Gasteiger partial charge in [0.15, 0.2) is 5.17 Å². The number of methoxy groups -OCH3 is 1. The van der Waals surface area contributed by atoms with Crippen molar-refractivity contribution >= 4 is 44.5 Å². The molecule has 7 heteroatoms. The van der Waals surface area contributed by atoms with Crippen molar-refractivity contribution in [2.75, 3.05) is 13.7 Å². The number of carbonyl (C=O) groups excluding carboxylic acids is 1. The summed E-state index contributed by atoms with van der Waals surface area (Å²) in [5, 5.41) is 0.466. The summed E-state index contributed by atoms with van der Waals surface area (Å²) >= 11 is 5.07. The molecular weight excluding hydrogens is 512 g/mol. The molecule has 34 heavy (non-hydrogen) atoms. The van der Waals surface area contributed by atoms with Crippen LogP contribution in [0.1, 0.15) is 23.6 Å². The molecule has 1 fully saturated rings. The lowest BCUT2D eigenvalue weighted by Gasteiger charge is -2.15. The molecule has 176 valence electrons. The van der Waals surface area contributed by atoms with Crippen LogP contribution in [0.15, 0.2) is 76.2 Å². The Morgan fingerprint density at radius 1 is 1.06 bits per heavy atom. The fourth-order valence-corrected chi connectivity index (χ4v) is 5.34. The number of thioether (sulfide) groups is 1. The molecule has 3 aromatic rings. The van der Waals surface area contributed by atoms with Crippen LogP contribution in [0.2, 0.25) is 0 Å². The van der Waals surface area contributed by atoms with Crippen molar-refractivity contribution < 1.29 is 14.3 Å². The molecule has 0 unspecified atom stereocenters. The zero-order chi connectivity index (χ0) is 24.1. The first kappa shape index (κ1) is 24.4. The molecule has 0 aliphatic carbocycles. The summed E-state index contributed by atoms with van der Waals surface area (Å²) in [6.45, 7) is 5.09. The normalized spacial score (nSPS) is 16.8. The van der Waals surface area contributed by atoms with Crippen LogP contribution in [-0.4, -0.2) is 34.9 Å². The van der Waals surface area contributed by atoms with E-state index in [4.69, 9.17) is 14.5 Å². The average molecular weight is 539 g/mol. The number of halogens is 1. The maximum atomic E-state index is 13.2. The fraction of sp³-hybridized carbons (Fsp3) is 0.259. The molecule has 1 aliphatic heterocycles. The number of carbonyl (C=O) groups is 1. The molecule has 1 heterocycles. The zero-order valence-electron chi connectivity index (χ0n) is 19.5. The van der Waals surface area contributed by atoms with Crippen LogP contribution < -0.4 is 9.47 Å². The van der Waals surface area contributed by atoms with Crippen molar-refractivity contribution in [1.29, 1.82) is 0 Å². The Morgan fingerprint density at radius 3 is 2.47 bits per heavy atom. The summed E-state index contributed by atoms with van der Waals surface area (Å²) in [5.74, 6) is 1.64. The van der Waals surface area contributed by atoms with E-state index in [1.165, 1.54) is 17.3 Å². The molecule has 1 aliphatic rings. The van der Waals surface area contributed by atoms with Gasteiger partial charge in [-0.3, -0.25) is 9.69 Å². The topological polar surface area (TPSA) is 51.1 Å². The molecule has 4 rings (SSSR count). The number of aliphatic imine (C=N–C) groups is 1. The molecule has 5 nitrogen and oxygen atoms in total. The molecule has 3 aromatic carbocycles. The third-order valence-corrected chi connectivity index (χ3v) is 7.24. The molecule has 0 saturated carbocycles. The second-order valence-corrected chi connectivity index (χ2v) is 10.1. The summed E-state index contributed by atoms with van der Waals surface area (Å²) < 4.78 is 12.3. The van der Waals surface area contributed by atoms with Crippen molar-refractivity contribution in [3.8, 4) is 11.5 Å². The van der Waals surface area contributed by atoms with E-state index in [1.54, 1.807) is 12.0 Å². The number of hydrogen-bond acceptors (Lipinski definition) is 5. The second-order valence-electron chi connectivity index (χ2n) is 8.01. The van der Waals surface area contributed by atoms with Gasteiger partial charge in [-0.1, -0.05) is 57.5 Å². The Kier molecular flexibility index (Phi) is 7.95. The Morgan fingerprint density at radius 2 is 1.79 bits per heavy atom. The summed E-state index contributed by atoms with van der Waals surface area (Å²) in [5.41, 5.74) is 4.11. The molecule has 1 amide bonds. The van der Waals surface area contributed by atoms with Crippen molar-refractivity contribution in [3.05, 3.63) is 87.9 Å². The smallest absolute Gasteiger partial charge is 0.242 e. The Bertz CT molecular complexity index is 1180. The highest BCUT2D eigenvalue weighted by molar-refractivity contribution is 9.10. The number of amidine groups is 1. The molecule has 0 N–H and O–H groups in total. The van der Waals surface area contributed by atoms with Gasteiger partial charge < -0.3 is 9.47 Å². The zero-order valence-corrected chi connectivity index (χ0v) is 21.9. The third-order valence-electron chi connectivity index (χ3n) is 5.58. The maximum absolute atomic E-state index is 13.2. The highest BCUT2D eigenvalue weighted by Gasteiger charge is 2.37. The first-order valence-electron chi connectivity index (χ1n) is 11.1. The Hall–Kier alpha value is -2.77. The molecule has 0 aromatic heterocycles. The largest absolute Gasteiger partial charge is 0.497 e. The number of hydrogen-bond donors (Lipinski definition) is 0. The van der Waals surface area contributed by atoms with Gasteiger partial charge in [-0.2, -0.15) is 0 Å². The lowest BCUT2D eigenvalue weighted by Crippen LogP contribution is -2.32. The molecule has 1 atom stereocenters. The summed E-state index contributed by atoms with van der Waals surface area (Å²) in [6.07, 6.45) is 0.560. The van der Waals surface area contributed by atoms with E-state index in [2.05, 4.69) is 47.1 Å². The first-order chi connectivity index (χ1) is 16.5. The minimum absolute atomic E-state index is 0.0734. The van der Waals surface area contributed by atoms with E-state index in [-0.39, 0.29) is 11.2 Å². The first-order valence-corrected chi connectivity index (χ1v) is 12.8. The van der Waals surface area contributed by atoms with Crippen LogP contribution >= 0.6 is 27.7 Å². The van der Waals surface area contributed by atoms with Crippen LogP contribution in [0.5, 0.6) is 11.5 Å². The van der Waals surface area contributed by atoms with E-state index in [0.29, 0.717) is 19.6 Å². The number of benzene rings is 3. The molecule has 0 bridgehead atoms. The van der Waals surface area contributed by atoms with E-state index < -0.39 is 0 Å². The predicted molar refractivity (Wildman–Crippen MR) is 142 cm³/mol. The van der Waals surface area contributed by atoms with E-state index in [0.717, 1.165) is 38.0 Å². The molecular formula is C27H27BrN2O3S. The van der Waals surface area contributed by atoms with E-state index in [1.807, 2.05) is 49.4 Å². The molecule has 1 saturated heterocycles. The monoisotopic (exact) mass is 538 g/mol. The number of rotatable bonds is 8. The number of nitrogens with zero attached hydrogens (tertiary/aromatic N) is 2. The van der Waals surface area contributed by atoms with Crippen LogP contribution in [0, 0.1) is 6.92 Å². The number of amides is 1. The van der Waals surface area contributed by atoms with Gasteiger partial charge in [0.1, 0.15) is 18.1 Å². The van der Waals surface area contributed by atoms with Gasteiger partial charge >= 0.3 is 0 Å². The second kappa shape index (κ2) is 11.1.